The van der Waals surface area contributed by atoms with Crippen molar-refractivity contribution in [3.05, 3.63) is 23.5 Å². The molecule has 3 nitrogen and oxygen atoms in total. The van der Waals surface area contributed by atoms with Crippen molar-refractivity contribution in [3.63, 3.8) is 0 Å². The van der Waals surface area contributed by atoms with Gasteiger partial charge in [-0.15, -0.1) is 0 Å². The summed E-state index contributed by atoms with van der Waals surface area (Å²) >= 11 is 5.79. The lowest BCUT2D eigenvalue weighted by Gasteiger charge is -2.09. The van der Waals surface area contributed by atoms with Crippen LogP contribution in [0.2, 0.25) is 5.15 Å². The molecule has 1 aromatic heterocycles. The van der Waals surface area contributed by atoms with E-state index in [2.05, 4.69) is 4.98 Å². The van der Waals surface area contributed by atoms with E-state index in [-0.39, 0.29) is 6.10 Å². The van der Waals surface area contributed by atoms with E-state index in [0.29, 0.717) is 24.1 Å². The summed E-state index contributed by atoms with van der Waals surface area (Å²) in [7, 11) is 0. The molecular formula is C10H14ClNO2. The molecule has 0 aromatic carbocycles. The van der Waals surface area contributed by atoms with Gasteiger partial charge in [-0.25, -0.2) is 4.98 Å². The molecule has 1 aromatic rings. The zero-order valence-electron chi connectivity index (χ0n) is 8.37. The van der Waals surface area contributed by atoms with Crippen molar-refractivity contribution in [2.24, 2.45) is 0 Å². The highest BCUT2D eigenvalue weighted by Gasteiger charge is 2.00. The van der Waals surface area contributed by atoms with E-state index in [0.717, 1.165) is 0 Å². The van der Waals surface area contributed by atoms with Gasteiger partial charge in [-0.05, 0) is 26.0 Å². The molecule has 0 aliphatic rings. The third-order valence-electron chi connectivity index (χ3n) is 1.52. The second-order valence-corrected chi connectivity index (χ2v) is 3.42. The maximum Gasteiger partial charge on any atom is 0.171 e. The lowest BCUT2D eigenvalue weighted by atomic mass is 10.4. The van der Waals surface area contributed by atoms with E-state index in [1.165, 1.54) is 0 Å². The summed E-state index contributed by atoms with van der Waals surface area (Å²) in [4.78, 5) is 3.89. The van der Waals surface area contributed by atoms with Crippen LogP contribution in [0.4, 0.5) is 0 Å². The van der Waals surface area contributed by atoms with Gasteiger partial charge in [-0.3, -0.25) is 0 Å². The minimum atomic E-state index is 0.225. The van der Waals surface area contributed by atoms with Crippen LogP contribution in [0, 0.1) is 0 Å². The number of rotatable bonds is 5. The first-order chi connectivity index (χ1) is 6.70. The molecule has 0 fully saturated rings. The summed E-state index contributed by atoms with van der Waals surface area (Å²) in [5.41, 5.74) is 0. The zero-order valence-corrected chi connectivity index (χ0v) is 9.12. The highest BCUT2D eigenvalue weighted by molar-refractivity contribution is 6.30. The van der Waals surface area contributed by atoms with Gasteiger partial charge in [0.15, 0.2) is 10.9 Å². The molecular weight excluding hydrogens is 202 g/mol. The Morgan fingerprint density at radius 2 is 2.21 bits per heavy atom. The van der Waals surface area contributed by atoms with E-state index >= 15 is 0 Å². The fraction of sp³-hybridized carbons (Fsp3) is 0.500. The van der Waals surface area contributed by atoms with Crippen molar-refractivity contribution < 1.29 is 9.47 Å². The van der Waals surface area contributed by atoms with Gasteiger partial charge in [0, 0.05) is 6.20 Å². The summed E-state index contributed by atoms with van der Waals surface area (Å²) in [5.74, 6) is 0.599. The molecule has 0 saturated heterocycles. The van der Waals surface area contributed by atoms with Crippen molar-refractivity contribution in [1.82, 2.24) is 4.98 Å². The zero-order chi connectivity index (χ0) is 10.4. The SMILES string of the molecule is CC(C)OCCOc1cccnc1Cl. The second kappa shape index (κ2) is 5.83. The van der Waals surface area contributed by atoms with Gasteiger partial charge in [-0.1, -0.05) is 11.6 Å². The van der Waals surface area contributed by atoms with Crippen LogP contribution in [0.5, 0.6) is 5.75 Å². The molecule has 0 bridgehead atoms. The lowest BCUT2D eigenvalue weighted by Crippen LogP contribution is -2.11. The summed E-state index contributed by atoms with van der Waals surface area (Å²) < 4.78 is 10.7. The third kappa shape index (κ3) is 3.94. The van der Waals surface area contributed by atoms with Crippen molar-refractivity contribution >= 4 is 11.6 Å². The van der Waals surface area contributed by atoms with E-state index in [9.17, 15) is 0 Å². The maximum absolute atomic E-state index is 5.79. The van der Waals surface area contributed by atoms with Crippen LogP contribution in [0.25, 0.3) is 0 Å². The minimum Gasteiger partial charge on any atom is -0.488 e. The summed E-state index contributed by atoms with van der Waals surface area (Å²) in [6.07, 6.45) is 1.85. The molecule has 0 amide bonds. The van der Waals surface area contributed by atoms with Gasteiger partial charge < -0.3 is 9.47 Å². The molecule has 0 aliphatic heterocycles. The van der Waals surface area contributed by atoms with Gasteiger partial charge in [-0.2, -0.15) is 0 Å². The number of pyridine rings is 1. The largest absolute Gasteiger partial charge is 0.488 e. The number of hydrogen-bond acceptors (Lipinski definition) is 3. The Labute approximate surface area is 89.0 Å². The Morgan fingerprint density at radius 1 is 1.43 bits per heavy atom. The number of ether oxygens (including phenoxy) is 2. The summed E-state index contributed by atoms with van der Waals surface area (Å²) in [5, 5.41) is 0.386. The van der Waals surface area contributed by atoms with Crippen LogP contribution in [0.1, 0.15) is 13.8 Å². The van der Waals surface area contributed by atoms with Gasteiger partial charge in [0.1, 0.15) is 6.61 Å². The van der Waals surface area contributed by atoms with E-state index in [4.69, 9.17) is 21.1 Å². The first-order valence-electron chi connectivity index (χ1n) is 4.55. The molecule has 0 saturated carbocycles. The molecule has 14 heavy (non-hydrogen) atoms. The number of aromatic nitrogens is 1. The third-order valence-corrected chi connectivity index (χ3v) is 1.80. The molecule has 0 unspecified atom stereocenters. The van der Waals surface area contributed by atoms with Crippen molar-refractivity contribution in [1.29, 1.82) is 0 Å². The average molecular weight is 216 g/mol. The van der Waals surface area contributed by atoms with E-state index < -0.39 is 0 Å². The van der Waals surface area contributed by atoms with Crippen molar-refractivity contribution in [3.8, 4) is 5.75 Å². The Kier molecular flexibility index (Phi) is 4.70. The quantitative estimate of drug-likeness (QED) is 0.559. The van der Waals surface area contributed by atoms with Crippen LogP contribution in [-0.4, -0.2) is 24.3 Å². The normalized spacial score (nSPS) is 10.6. The maximum atomic E-state index is 5.79. The monoisotopic (exact) mass is 215 g/mol. The number of nitrogens with zero attached hydrogens (tertiary/aromatic N) is 1. The summed E-state index contributed by atoms with van der Waals surface area (Å²) in [6.45, 7) is 5.01. The minimum absolute atomic E-state index is 0.225. The standard InChI is InChI=1S/C10H14ClNO2/c1-8(2)13-6-7-14-9-4-3-5-12-10(9)11/h3-5,8H,6-7H2,1-2H3. The topological polar surface area (TPSA) is 31.4 Å². The molecule has 0 atom stereocenters. The molecule has 0 spiro atoms. The van der Waals surface area contributed by atoms with Crippen LogP contribution in [-0.2, 0) is 4.74 Å². The number of hydrogen-bond donors (Lipinski definition) is 0. The van der Waals surface area contributed by atoms with E-state index in [1.54, 1.807) is 18.3 Å². The van der Waals surface area contributed by atoms with Crippen LogP contribution < -0.4 is 4.74 Å². The highest BCUT2D eigenvalue weighted by Crippen LogP contribution is 2.19. The molecule has 78 valence electrons. The van der Waals surface area contributed by atoms with Crippen LogP contribution >= 0.6 is 11.6 Å². The van der Waals surface area contributed by atoms with Gasteiger partial charge in [0.05, 0.1) is 12.7 Å². The smallest absolute Gasteiger partial charge is 0.171 e. The molecule has 0 N–H and O–H groups in total. The molecule has 0 aliphatic carbocycles. The molecule has 1 heterocycles. The first-order valence-corrected chi connectivity index (χ1v) is 4.93. The highest BCUT2D eigenvalue weighted by atomic mass is 35.5. The summed E-state index contributed by atoms with van der Waals surface area (Å²) in [6, 6.07) is 3.56. The van der Waals surface area contributed by atoms with Crippen LogP contribution in [0.15, 0.2) is 18.3 Å². The average Bonchev–Trinajstić information content (AvgIpc) is 2.15. The Bertz CT molecular complexity index is 279. The Morgan fingerprint density at radius 3 is 2.86 bits per heavy atom. The molecule has 0 radical (unpaired) electrons. The fourth-order valence-electron chi connectivity index (χ4n) is 0.914. The Hall–Kier alpha value is -0.800. The molecule has 4 heteroatoms. The van der Waals surface area contributed by atoms with Gasteiger partial charge in [0.25, 0.3) is 0 Å². The van der Waals surface area contributed by atoms with Crippen LogP contribution in [0.3, 0.4) is 0 Å². The predicted molar refractivity (Wildman–Crippen MR) is 55.8 cm³/mol. The van der Waals surface area contributed by atoms with Crippen molar-refractivity contribution in [2.75, 3.05) is 13.2 Å². The van der Waals surface area contributed by atoms with E-state index in [1.807, 2.05) is 13.8 Å². The second-order valence-electron chi connectivity index (χ2n) is 3.06. The predicted octanol–water partition coefficient (Wildman–Crippen LogP) is 2.54. The lowest BCUT2D eigenvalue weighted by molar-refractivity contribution is 0.0552. The molecule has 1 rings (SSSR count). The number of halogens is 1. The fourth-order valence-corrected chi connectivity index (χ4v) is 1.09. The first kappa shape index (κ1) is 11.3. The van der Waals surface area contributed by atoms with Gasteiger partial charge in [0.2, 0.25) is 0 Å². The van der Waals surface area contributed by atoms with Crippen molar-refractivity contribution in [2.45, 2.75) is 20.0 Å². The Balaban J connectivity index is 2.28. The van der Waals surface area contributed by atoms with Gasteiger partial charge >= 0.3 is 0 Å².